The molecule has 4 nitrogen and oxygen atoms in total. The standard InChI is InChI=1S/C17H21N3O/c1-20(17(21)16-8-4-5-10-18-16)12-13-9-11-19-15-7-3-2-6-14(13)15/h2-3,6-7,9,11,16,18H,4-5,8,10,12H2,1H3/t16-/m0/s1. The summed E-state index contributed by atoms with van der Waals surface area (Å²) in [6, 6.07) is 10.0. The number of para-hydroxylation sites is 1. The van der Waals surface area contributed by atoms with Gasteiger partial charge in [-0.2, -0.15) is 0 Å². The van der Waals surface area contributed by atoms with Crippen LogP contribution in [0.15, 0.2) is 36.5 Å². The van der Waals surface area contributed by atoms with Gasteiger partial charge in [0, 0.05) is 25.2 Å². The number of amides is 1. The Labute approximate surface area is 125 Å². The molecule has 1 aliphatic heterocycles. The van der Waals surface area contributed by atoms with Gasteiger partial charge in [0.15, 0.2) is 0 Å². The Kier molecular flexibility index (Phi) is 4.15. The van der Waals surface area contributed by atoms with Crippen molar-refractivity contribution in [1.82, 2.24) is 15.2 Å². The number of nitrogens with one attached hydrogen (secondary N) is 1. The fourth-order valence-electron chi connectivity index (χ4n) is 2.96. The van der Waals surface area contributed by atoms with Crippen molar-refractivity contribution in [3.63, 3.8) is 0 Å². The molecule has 3 rings (SSSR count). The number of likely N-dealkylation sites (N-methyl/N-ethyl adjacent to an activating group) is 1. The molecule has 0 radical (unpaired) electrons. The van der Waals surface area contributed by atoms with Crippen LogP contribution in [0, 0.1) is 0 Å². The second-order valence-corrected chi connectivity index (χ2v) is 5.68. The molecule has 1 saturated heterocycles. The Bertz CT molecular complexity index is 629. The van der Waals surface area contributed by atoms with Crippen LogP contribution in [-0.2, 0) is 11.3 Å². The van der Waals surface area contributed by atoms with Gasteiger partial charge in [0.05, 0.1) is 11.6 Å². The molecule has 1 atom stereocenters. The van der Waals surface area contributed by atoms with Crippen LogP contribution in [0.1, 0.15) is 24.8 Å². The Morgan fingerprint density at radius 2 is 2.19 bits per heavy atom. The summed E-state index contributed by atoms with van der Waals surface area (Å²) in [5.41, 5.74) is 2.12. The SMILES string of the molecule is CN(Cc1ccnc2ccccc12)C(=O)[C@@H]1CCCCN1. The van der Waals surface area contributed by atoms with Gasteiger partial charge >= 0.3 is 0 Å². The summed E-state index contributed by atoms with van der Waals surface area (Å²) in [5.74, 6) is 0.190. The molecule has 1 fully saturated rings. The molecule has 0 saturated carbocycles. The fraction of sp³-hybridized carbons (Fsp3) is 0.412. The minimum Gasteiger partial charge on any atom is -0.340 e. The first kappa shape index (κ1) is 14.0. The van der Waals surface area contributed by atoms with E-state index in [1.165, 1.54) is 6.42 Å². The van der Waals surface area contributed by atoms with E-state index >= 15 is 0 Å². The number of hydrogen-bond acceptors (Lipinski definition) is 3. The topological polar surface area (TPSA) is 45.2 Å². The fourth-order valence-corrected chi connectivity index (χ4v) is 2.96. The lowest BCUT2D eigenvalue weighted by Crippen LogP contribution is -2.47. The summed E-state index contributed by atoms with van der Waals surface area (Å²) in [7, 11) is 1.88. The summed E-state index contributed by atoms with van der Waals surface area (Å²) < 4.78 is 0. The summed E-state index contributed by atoms with van der Waals surface area (Å²) in [4.78, 5) is 18.7. The molecule has 4 heteroatoms. The first-order valence-electron chi connectivity index (χ1n) is 7.57. The van der Waals surface area contributed by atoms with E-state index < -0.39 is 0 Å². The third kappa shape index (κ3) is 3.05. The molecular weight excluding hydrogens is 262 g/mol. The minimum atomic E-state index is -0.0168. The largest absolute Gasteiger partial charge is 0.340 e. The van der Waals surface area contributed by atoms with E-state index in [2.05, 4.69) is 16.4 Å². The smallest absolute Gasteiger partial charge is 0.239 e. The zero-order chi connectivity index (χ0) is 14.7. The number of carbonyl (C=O) groups excluding carboxylic acids is 1. The van der Waals surface area contributed by atoms with Crippen molar-refractivity contribution in [1.29, 1.82) is 0 Å². The Hall–Kier alpha value is -1.94. The molecule has 1 N–H and O–H groups in total. The number of rotatable bonds is 3. The van der Waals surface area contributed by atoms with E-state index in [4.69, 9.17) is 0 Å². The molecule has 2 heterocycles. The number of fused-ring (bicyclic) bond motifs is 1. The molecule has 1 aromatic heterocycles. The van der Waals surface area contributed by atoms with Crippen molar-refractivity contribution in [3.8, 4) is 0 Å². The highest BCUT2D eigenvalue weighted by Gasteiger charge is 2.23. The quantitative estimate of drug-likeness (QED) is 0.940. The summed E-state index contributed by atoms with van der Waals surface area (Å²) in [6.07, 6.45) is 5.06. The molecule has 0 spiro atoms. The predicted octanol–water partition coefficient (Wildman–Crippen LogP) is 2.34. The van der Waals surface area contributed by atoms with E-state index in [-0.39, 0.29) is 11.9 Å². The summed E-state index contributed by atoms with van der Waals surface area (Å²) in [6.45, 7) is 1.57. The number of benzene rings is 1. The van der Waals surface area contributed by atoms with E-state index in [1.54, 1.807) is 0 Å². The van der Waals surface area contributed by atoms with E-state index in [0.717, 1.165) is 35.9 Å². The Morgan fingerprint density at radius 1 is 1.33 bits per heavy atom. The van der Waals surface area contributed by atoms with E-state index in [1.807, 2.05) is 42.4 Å². The lowest BCUT2D eigenvalue weighted by atomic mass is 10.0. The van der Waals surface area contributed by atoms with Crippen LogP contribution in [-0.4, -0.2) is 35.4 Å². The van der Waals surface area contributed by atoms with Crippen LogP contribution in [0.5, 0.6) is 0 Å². The normalized spacial score (nSPS) is 18.6. The van der Waals surface area contributed by atoms with Crippen LogP contribution in [0.25, 0.3) is 10.9 Å². The van der Waals surface area contributed by atoms with Crippen LogP contribution in [0.4, 0.5) is 0 Å². The molecular formula is C17H21N3O. The lowest BCUT2D eigenvalue weighted by Gasteiger charge is -2.27. The van der Waals surface area contributed by atoms with Crippen molar-refractivity contribution in [3.05, 3.63) is 42.1 Å². The van der Waals surface area contributed by atoms with Gasteiger partial charge in [-0.15, -0.1) is 0 Å². The molecule has 21 heavy (non-hydrogen) atoms. The highest BCUT2D eigenvalue weighted by molar-refractivity contribution is 5.84. The first-order valence-corrected chi connectivity index (χ1v) is 7.57. The molecule has 0 bridgehead atoms. The van der Waals surface area contributed by atoms with E-state index in [9.17, 15) is 4.79 Å². The van der Waals surface area contributed by atoms with Gasteiger partial charge < -0.3 is 10.2 Å². The van der Waals surface area contributed by atoms with E-state index in [0.29, 0.717) is 6.54 Å². The second-order valence-electron chi connectivity index (χ2n) is 5.68. The number of nitrogens with zero attached hydrogens (tertiary/aromatic N) is 2. The number of carbonyl (C=O) groups is 1. The molecule has 1 aromatic carbocycles. The second kappa shape index (κ2) is 6.22. The van der Waals surface area contributed by atoms with Crippen molar-refractivity contribution in [2.75, 3.05) is 13.6 Å². The van der Waals surface area contributed by atoms with Crippen LogP contribution in [0.3, 0.4) is 0 Å². The third-order valence-electron chi connectivity index (χ3n) is 4.13. The maximum atomic E-state index is 12.5. The van der Waals surface area contributed by atoms with Gasteiger partial charge in [0.2, 0.25) is 5.91 Å². The lowest BCUT2D eigenvalue weighted by molar-refractivity contribution is -0.133. The molecule has 1 aliphatic rings. The zero-order valence-electron chi connectivity index (χ0n) is 12.4. The molecule has 0 aliphatic carbocycles. The van der Waals surface area contributed by atoms with Crippen LogP contribution in [0.2, 0.25) is 0 Å². The highest BCUT2D eigenvalue weighted by Crippen LogP contribution is 2.18. The zero-order valence-corrected chi connectivity index (χ0v) is 12.4. The van der Waals surface area contributed by atoms with Crippen molar-refractivity contribution < 1.29 is 4.79 Å². The molecule has 0 unspecified atom stereocenters. The van der Waals surface area contributed by atoms with Crippen molar-refractivity contribution in [2.45, 2.75) is 31.8 Å². The monoisotopic (exact) mass is 283 g/mol. The molecule has 110 valence electrons. The average molecular weight is 283 g/mol. The minimum absolute atomic E-state index is 0.0168. The molecule has 2 aromatic rings. The maximum absolute atomic E-state index is 12.5. The highest BCUT2D eigenvalue weighted by atomic mass is 16.2. The van der Waals surface area contributed by atoms with Crippen LogP contribution >= 0.6 is 0 Å². The van der Waals surface area contributed by atoms with Gasteiger partial charge in [-0.1, -0.05) is 24.6 Å². The Balaban J connectivity index is 1.76. The van der Waals surface area contributed by atoms with Gasteiger partial charge in [0.1, 0.15) is 0 Å². The number of aromatic nitrogens is 1. The summed E-state index contributed by atoms with van der Waals surface area (Å²) >= 11 is 0. The van der Waals surface area contributed by atoms with Gasteiger partial charge in [-0.25, -0.2) is 0 Å². The van der Waals surface area contributed by atoms with Gasteiger partial charge in [0.25, 0.3) is 0 Å². The Morgan fingerprint density at radius 3 is 3.00 bits per heavy atom. The van der Waals surface area contributed by atoms with Crippen molar-refractivity contribution in [2.24, 2.45) is 0 Å². The predicted molar refractivity (Wildman–Crippen MR) is 83.9 cm³/mol. The third-order valence-corrected chi connectivity index (χ3v) is 4.13. The summed E-state index contributed by atoms with van der Waals surface area (Å²) in [5, 5.41) is 4.44. The van der Waals surface area contributed by atoms with Crippen molar-refractivity contribution >= 4 is 16.8 Å². The average Bonchev–Trinajstić information content (AvgIpc) is 2.55. The number of piperidine rings is 1. The van der Waals surface area contributed by atoms with Gasteiger partial charge in [-0.05, 0) is 37.1 Å². The first-order chi connectivity index (χ1) is 10.3. The van der Waals surface area contributed by atoms with Crippen LogP contribution < -0.4 is 5.32 Å². The maximum Gasteiger partial charge on any atom is 0.239 e. The van der Waals surface area contributed by atoms with Gasteiger partial charge in [-0.3, -0.25) is 9.78 Å². The number of hydrogen-bond donors (Lipinski definition) is 1. The number of pyridine rings is 1. The molecule has 1 amide bonds.